The van der Waals surface area contributed by atoms with Crippen molar-refractivity contribution < 1.29 is 0 Å². The van der Waals surface area contributed by atoms with E-state index in [-0.39, 0.29) is 0 Å². The largest absolute Gasteiger partial charge is 0.312 e. The molecular weight excluding hydrogens is 170 g/mol. The van der Waals surface area contributed by atoms with Crippen molar-refractivity contribution in [3.63, 3.8) is 0 Å². The minimum Gasteiger partial charge on any atom is -0.312 e. The van der Waals surface area contributed by atoms with Gasteiger partial charge in [0, 0.05) is 5.54 Å². The highest BCUT2D eigenvalue weighted by atomic mass is 15.0. The molecule has 84 valence electrons. The lowest BCUT2D eigenvalue weighted by atomic mass is 9.89. The van der Waals surface area contributed by atoms with Crippen molar-refractivity contribution in [2.24, 2.45) is 5.92 Å². The molecular formula is C13H27N. The minimum absolute atomic E-state index is 0.450. The van der Waals surface area contributed by atoms with Crippen molar-refractivity contribution in [2.45, 2.75) is 71.3 Å². The lowest BCUT2D eigenvalue weighted by Crippen LogP contribution is -2.41. The van der Waals surface area contributed by atoms with Gasteiger partial charge in [0.25, 0.3) is 0 Å². The van der Waals surface area contributed by atoms with Crippen LogP contribution in [0.15, 0.2) is 0 Å². The quantitative estimate of drug-likeness (QED) is 0.724. The second-order valence-electron chi connectivity index (χ2n) is 5.58. The Balaban J connectivity index is 2.24. The van der Waals surface area contributed by atoms with Gasteiger partial charge in [0.15, 0.2) is 0 Å². The van der Waals surface area contributed by atoms with Crippen LogP contribution in [0.25, 0.3) is 0 Å². The number of hydrogen-bond donors (Lipinski definition) is 1. The van der Waals surface area contributed by atoms with Crippen LogP contribution < -0.4 is 5.32 Å². The Labute approximate surface area is 89.7 Å². The molecule has 1 fully saturated rings. The van der Waals surface area contributed by atoms with Gasteiger partial charge in [-0.2, -0.15) is 0 Å². The number of hydrogen-bond acceptors (Lipinski definition) is 1. The average Bonchev–Trinajstić information content (AvgIpc) is 2.30. The molecule has 0 spiro atoms. The van der Waals surface area contributed by atoms with Gasteiger partial charge in [0.05, 0.1) is 0 Å². The van der Waals surface area contributed by atoms with E-state index >= 15 is 0 Å². The van der Waals surface area contributed by atoms with Crippen LogP contribution in [0.1, 0.15) is 65.7 Å². The molecule has 0 saturated carbocycles. The first-order valence-electron chi connectivity index (χ1n) is 6.37. The summed E-state index contributed by atoms with van der Waals surface area (Å²) < 4.78 is 0. The average molecular weight is 197 g/mol. The smallest absolute Gasteiger partial charge is 0.0153 e. The summed E-state index contributed by atoms with van der Waals surface area (Å²) >= 11 is 0. The van der Waals surface area contributed by atoms with Crippen molar-refractivity contribution in [1.29, 1.82) is 0 Å². The summed E-state index contributed by atoms with van der Waals surface area (Å²) in [5.74, 6) is 0.865. The number of rotatable bonds is 4. The van der Waals surface area contributed by atoms with E-state index in [0.29, 0.717) is 5.54 Å². The topological polar surface area (TPSA) is 12.0 Å². The van der Waals surface area contributed by atoms with E-state index in [0.717, 1.165) is 5.92 Å². The van der Waals surface area contributed by atoms with Gasteiger partial charge < -0.3 is 5.32 Å². The Bertz CT molecular complexity index is 143. The maximum absolute atomic E-state index is 3.73. The van der Waals surface area contributed by atoms with E-state index in [1.54, 1.807) is 0 Å². The van der Waals surface area contributed by atoms with E-state index in [1.165, 1.54) is 51.5 Å². The van der Waals surface area contributed by atoms with Crippen LogP contribution in [0.3, 0.4) is 0 Å². The van der Waals surface area contributed by atoms with Crippen molar-refractivity contribution in [2.75, 3.05) is 6.54 Å². The Morgan fingerprint density at radius 2 is 2.00 bits per heavy atom. The van der Waals surface area contributed by atoms with Crippen molar-refractivity contribution >= 4 is 0 Å². The highest BCUT2D eigenvalue weighted by molar-refractivity contribution is 4.84. The van der Waals surface area contributed by atoms with Gasteiger partial charge in [-0.3, -0.25) is 0 Å². The molecule has 1 aliphatic heterocycles. The molecule has 0 aliphatic carbocycles. The first-order valence-corrected chi connectivity index (χ1v) is 6.37. The van der Waals surface area contributed by atoms with E-state index < -0.39 is 0 Å². The molecule has 0 radical (unpaired) electrons. The molecule has 1 saturated heterocycles. The van der Waals surface area contributed by atoms with Gasteiger partial charge in [0.1, 0.15) is 0 Å². The first-order chi connectivity index (χ1) is 6.62. The Kier molecular flexibility index (Phi) is 4.94. The zero-order valence-corrected chi connectivity index (χ0v) is 10.2. The van der Waals surface area contributed by atoms with Crippen LogP contribution in [0.2, 0.25) is 0 Å². The predicted molar refractivity (Wildman–Crippen MR) is 63.6 cm³/mol. The molecule has 1 N–H and O–H groups in total. The molecule has 0 aromatic heterocycles. The highest BCUT2D eigenvalue weighted by Crippen LogP contribution is 2.24. The second kappa shape index (κ2) is 5.75. The monoisotopic (exact) mass is 197 g/mol. The Hall–Kier alpha value is -0.0400. The van der Waals surface area contributed by atoms with Gasteiger partial charge in [0.2, 0.25) is 0 Å². The number of nitrogens with one attached hydrogen (secondary N) is 1. The van der Waals surface area contributed by atoms with Crippen molar-refractivity contribution in [1.82, 2.24) is 5.32 Å². The Morgan fingerprint density at radius 3 is 2.71 bits per heavy atom. The van der Waals surface area contributed by atoms with Crippen LogP contribution in [-0.4, -0.2) is 12.1 Å². The second-order valence-corrected chi connectivity index (χ2v) is 5.58. The molecule has 1 rings (SSSR count). The molecule has 14 heavy (non-hydrogen) atoms. The summed E-state index contributed by atoms with van der Waals surface area (Å²) in [7, 11) is 0. The minimum atomic E-state index is 0.450. The molecule has 1 aliphatic rings. The fraction of sp³-hybridized carbons (Fsp3) is 1.00. The van der Waals surface area contributed by atoms with Crippen LogP contribution in [0.4, 0.5) is 0 Å². The lowest BCUT2D eigenvalue weighted by Gasteiger charge is -2.29. The van der Waals surface area contributed by atoms with Crippen LogP contribution in [0, 0.1) is 5.92 Å². The Morgan fingerprint density at radius 1 is 1.21 bits per heavy atom. The van der Waals surface area contributed by atoms with E-state index in [9.17, 15) is 0 Å². The van der Waals surface area contributed by atoms with E-state index in [1.807, 2.05) is 0 Å². The third-order valence-electron chi connectivity index (χ3n) is 3.47. The molecule has 1 heterocycles. The van der Waals surface area contributed by atoms with Gasteiger partial charge in [-0.25, -0.2) is 0 Å². The molecule has 1 nitrogen and oxygen atoms in total. The molecule has 0 aromatic carbocycles. The van der Waals surface area contributed by atoms with Crippen LogP contribution >= 0.6 is 0 Å². The molecule has 1 unspecified atom stereocenters. The summed E-state index contributed by atoms with van der Waals surface area (Å²) in [6, 6.07) is 0. The fourth-order valence-electron chi connectivity index (χ4n) is 2.41. The molecule has 1 atom stereocenters. The van der Waals surface area contributed by atoms with Gasteiger partial charge >= 0.3 is 0 Å². The molecule has 1 heteroatoms. The SMILES string of the molecule is CC(C)CCCC1(C)CCCCCN1. The third-order valence-corrected chi connectivity index (χ3v) is 3.47. The van der Waals surface area contributed by atoms with Gasteiger partial charge in [-0.1, -0.05) is 39.5 Å². The maximum atomic E-state index is 3.73. The van der Waals surface area contributed by atoms with Crippen molar-refractivity contribution in [3.8, 4) is 0 Å². The maximum Gasteiger partial charge on any atom is 0.0153 e. The lowest BCUT2D eigenvalue weighted by molar-refractivity contribution is 0.306. The summed E-state index contributed by atoms with van der Waals surface area (Å²) in [6.07, 6.45) is 9.74. The van der Waals surface area contributed by atoms with Gasteiger partial charge in [-0.05, 0) is 38.6 Å². The van der Waals surface area contributed by atoms with E-state index in [2.05, 4.69) is 26.1 Å². The van der Waals surface area contributed by atoms with Crippen molar-refractivity contribution in [3.05, 3.63) is 0 Å². The zero-order chi connectivity index (χ0) is 10.4. The highest BCUT2D eigenvalue weighted by Gasteiger charge is 2.23. The molecule has 0 aromatic rings. The summed E-state index contributed by atoms with van der Waals surface area (Å²) in [6.45, 7) is 8.29. The predicted octanol–water partition coefficient (Wildman–Crippen LogP) is 3.74. The normalized spacial score (nSPS) is 29.1. The van der Waals surface area contributed by atoms with Gasteiger partial charge in [-0.15, -0.1) is 0 Å². The third kappa shape index (κ3) is 4.45. The fourth-order valence-corrected chi connectivity index (χ4v) is 2.41. The standard InChI is InChI=1S/C13H27N/c1-12(2)8-7-10-13(3)9-5-4-6-11-14-13/h12,14H,4-11H2,1-3H3. The summed E-state index contributed by atoms with van der Waals surface area (Å²) in [4.78, 5) is 0. The summed E-state index contributed by atoms with van der Waals surface area (Å²) in [5.41, 5.74) is 0.450. The van der Waals surface area contributed by atoms with Crippen LogP contribution in [0.5, 0.6) is 0 Å². The summed E-state index contributed by atoms with van der Waals surface area (Å²) in [5, 5.41) is 3.73. The van der Waals surface area contributed by atoms with E-state index in [4.69, 9.17) is 0 Å². The molecule has 0 amide bonds. The molecule has 0 bridgehead atoms. The van der Waals surface area contributed by atoms with Crippen LogP contribution in [-0.2, 0) is 0 Å². The first kappa shape index (κ1) is 12.0. The zero-order valence-electron chi connectivity index (χ0n) is 10.2.